The number of halogens is 1. The van der Waals surface area contributed by atoms with Gasteiger partial charge in [0, 0.05) is 5.56 Å². The fourth-order valence-corrected chi connectivity index (χ4v) is 1.85. The van der Waals surface area contributed by atoms with Crippen molar-refractivity contribution < 1.29 is 14.8 Å². The molecular formula is C9H11BrN2O4. The average Bonchev–Trinajstić information content (AvgIpc) is 2.22. The van der Waals surface area contributed by atoms with E-state index in [0.717, 1.165) is 0 Å². The van der Waals surface area contributed by atoms with Crippen molar-refractivity contribution in [2.24, 2.45) is 5.73 Å². The van der Waals surface area contributed by atoms with Crippen LogP contribution in [0.15, 0.2) is 10.5 Å². The van der Waals surface area contributed by atoms with Crippen molar-refractivity contribution in [3.63, 3.8) is 0 Å². The summed E-state index contributed by atoms with van der Waals surface area (Å²) in [6.45, 7) is 0.279. The second-order valence-electron chi connectivity index (χ2n) is 3.04. The van der Waals surface area contributed by atoms with Gasteiger partial charge in [0.15, 0.2) is 5.75 Å². The third-order valence-electron chi connectivity index (χ3n) is 2.06. The number of hydrogen-bond donors (Lipinski definition) is 2. The SMILES string of the molecule is COc1c(O)c(Br)cc(CCN)c1[N+](=O)[O-]. The summed E-state index contributed by atoms with van der Waals surface area (Å²) in [4.78, 5) is 10.3. The summed E-state index contributed by atoms with van der Waals surface area (Å²) in [5.74, 6) is -0.433. The van der Waals surface area contributed by atoms with Crippen LogP contribution in [0.3, 0.4) is 0 Å². The highest BCUT2D eigenvalue weighted by molar-refractivity contribution is 9.10. The summed E-state index contributed by atoms with van der Waals surface area (Å²) in [5.41, 5.74) is 5.55. The Morgan fingerprint density at radius 2 is 2.31 bits per heavy atom. The Morgan fingerprint density at radius 1 is 1.69 bits per heavy atom. The van der Waals surface area contributed by atoms with E-state index in [-0.39, 0.29) is 23.7 Å². The lowest BCUT2D eigenvalue weighted by Crippen LogP contribution is -2.06. The molecule has 0 bridgehead atoms. The number of hydrogen-bond acceptors (Lipinski definition) is 5. The Balaban J connectivity index is 3.49. The van der Waals surface area contributed by atoms with E-state index in [2.05, 4.69) is 15.9 Å². The number of phenolic OH excluding ortho intramolecular Hbond substituents is 1. The fraction of sp³-hybridized carbons (Fsp3) is 0.333. The molecule has 0 unspecified atom stereocenters. The van der Waals surface area contributed by atoms with E-state index in [9.17, 15) is 15.2 Å². The molecule has 0 saturated carbocycles. The monoisotopic (exact) mass is 290 g/mol. The zero-order valence-corrected chi connectivity index (χ0v) is 10.2. The molecule has 0 aliphatic carbocycles. The third kappa shape index (κ3) is 2.25. The molecule has 0 aliphatic rings. The van der Waals surface area contributed by atoms with Crippen LogP contribution in [0.5, 0.6) is 11.5 Å². The van der Waals surface area contributed by atoms with Crippen molar-refractivity contribution in [1.82, 2.24) is 0 Å². The largest absolute Gasteiger partial charge is 0.503 e. The summed E-state index contributed by atoms with van der Waals surface area (Å²) in [6, 6.07) is 1.48. The van der Waals surface area contributed by atoms with E-state index < -0.39 is 4.92 Å². The van der Waals surface area contributed by atoms with E-state index >= 15 is 0 Å². The van der Waals surface area contributed by atoms with Gasteiger partial charge in [-0.3, -0.25) is 10.1 Å². The van der Waals surface area contributed by atoms with Crippen molar-refractivity contribution in [1.29, 1.82) is 0 Å². The van der Waals surface area contributed by atoms with Crippen LogP contribution in [0, 0.1) is 10.1 Å². The minimum Gasteiger partial charge on any atom is -0.503 e. The summed E-state index contributed by atoms with van der Waals surface area (Å²) >= 11 is 3.10. The van der Waals surface area contributed by atoms with Crippen LogP contribution in [0.1, 0.15) is 5.56 Å². The average molecular weight is 291 g/mol. The highest BCUT2D eigenvalue weighted by Crippen LogP contribution is 2.43. The number of ether oxygens (including phenoxy) is 1. The molecule has 3 N–H and O–H groups in total. The Kier molecular flexibility index (Phi) is 4.08. The smallest absolute Gasteiger partial charge is 0.318 e. The maximum Gasteiger partial charge on any atom is 0.318 e. The van der Waals surface area contributed by atoms with Crippen molar-refractivity contribution in [2.45, 2.75) is 6.42 Å². The molecule has 1 aromatic rings. The third-order valence-corrected chi connectivity index (χ3v) is 2.67. The van der Waals surface area contributed by atoms with Crippen LogP contribution in [-0.2, 0) is 6.42 Å². The lowest BCUT2D eigenvalue weighted by atomic mass is 10.1. The molecule has 16 heavy (non-hydrogen) atoms. The Hall–Kier alpha value is -1.34. The van der Waals surface area contributed by atoms with Crippen LogP contribution >= 0.6 is 15.9 Å². The van der Waals surface area contributed by atoms with Crippen LogP contribution in [0.2, 0.25) is 0 Å². The predicted octanol–water partition coefficient (Wildman–Crippen LogP) is 1.57. The molecule has 0 fully saturated rings. The molecule has 6 nitrogen and oxygen atoms in total. The number of aromatic hydroxyl groups is 1. The minimum absolute atomic E-state index is 0.150. The number of benzene rings is 1. The Labute approximate surface area is 100 Å². The number of phenols is 1. The van der Waals surface area contributed by atoms with Gasteiger partial charge in [-0.15, -0.1) is 0 Å². The van der Waals surface area contributed by atoms with Crippen molar-refractivity contribution in [2.75, 3.05) is 13.7 Å². The van der Waals surface area contributed by atoms with Crippen LogP contribution in [0.25, 0.3) is 0 Å². The van der Waals surface area contributed by atoms with Gasteiger partial charge in [0.05, 0.1) is 16.5 Å². The molecule has 0 aromatic heterocycles. The Bertz CT molecular complexity index is 422. The maximum atomic E-state index is 10.9. The molecule has 88 valence electrons. The lowest BCUT2D eigenvalue weighted by molar-refractivity contribution is -0.386. The normalized spacial score (nSPS) is 10.2. The van der Waals surface area contributed by atoms with Crippen LogP contribution in [-0.4, -0.2) is 23.7 Å². The quantitative estimate of drug-likeness (QED) is 0.648. The molecule has 0 saturated heterocycles. The molecule has 0 spiro atoms. The van der Waals surface area contributed by atoms with Crippen molar-refractivity contribution >= 4 is 21.6 Å². The summed E-state index contributed by atoms with van der Waals surface area (Å²) in [6.07, 6.45) is 0.339. The number of methoxy groups -OCH3 is 1. The summed E-state index contributed by atoms with van der Waals surface area (Å²) in [7, 11) is 1.26. The number of nitro benzene ring substituents is 1. The zero-order valence-electron chi connectivity index (χ0n) is 8.57. The van der Waals surface area contributed by atoms with Gasteiger partial charge in [0.1, 0.15) is 0 Å². The van der Waals surface area contributed by atoms with Gasteiger partial charge in [-0.2, -0.15) is 0 Å². The molecular weight excluding hydrogens is 280 g/mol. The number of rotatable bonds is 4. The van der Waals surface area contributed by atoms with Gasteiger partial charge in [-0.1, -0.05) is 0 Å². The topological polar surface area (TPSA) is 98.6 Å². The number of nitrogens with zero attached hydrogens (tertiary/aromatic N) is 1. The molecule has 0 atom stereocenters. The maximum absolute atomic E-state index is 10.9. The van der Waals surface area contributed by atoms with E-state index in [1.54, 1.807) is 0 Å². The second kappa shape index (κ2) is 5.13. The summed E-state index contributed by atoms with van der Waals surface area (Å²) in [5, 5.41) is 20.5. The predicted molar refractivity (Wildman–Crippen MR) is 61.8 cm³/mol. The summed E-state index contributed by atoms with van der Waals surface area (Å²) < 4.78 is 5.19. The molecule has 7 heteroatoms. The molecule has 1 aromatic carbocycles. The van der Waals surface area contributed by atoms with Gasteiger partial charge >= 0.3 is 5.69 Å². The van der Waals surface area contributed by atoms with Crippen molar-refractivity contribution in [3.8, 4) is 11.5 Å². The van der Waals surface area contributed by atoms with Gasteiger partial charge in [-0.05, 0) is 35.0 Å². The first-order chi connectivity index (χ1) is 7.52. The molecule has 0 aliphatic heterocycles. The van der Waals surface area contributed by atoms with Crippen LogP contribution in [0.4, 0.5) is 5.69 Å². The Morgan fingerprint density at radius 3 is 2.75 bits per heavy atom. The molecule has 0 heterocycles. The highest BCUT2D eigenvalue weighted by Gasteiger charge is 2.26. The van der Waals surface area contributed by atoms with Crippen LogP contribution < -0.4 is 10.5 Å². The number of nitrogens with two attached hydrogens (primary N) is 1. The first kappa shape index (κ1) is 12.7. The molecule has 0 radical (unpaired) electrons. The number of nitro groups is 1. The van der Waals surface area contributed by atoms with Gasteiger partial charge < -0.3 is 15.6 Å². The van der Waals surface area contributed by atoms with Gasteiger partial charge in [0.2, 0.25) is 5.75 Å². The lowest BCUT2D eigenvalue weighted by Gasteiger charge is -2.09. The first-order valence-electron chi connectivity index (χ1n) is 4.45. The van der Waals surface area contributed by atoms with E-state index in [0.29, 0.717) is 16.5 Å². The van der Waals surface area contributed by atoms with E-state index in [1.165, 1.54) is 13.2 Å². The second-order valence-corrected chi connectivity index (χ2v) is 3.90. The minimum atomic E-state index is -0.587. The van der Waals surface area contributed by atoms with E-state index in [4.69, 9.17) is 10.5 Å². The zero-order chi connectivity index (χ0) is 12.3. The van der Waals surface area contributed by atoms with Crippen molar-refractivity contribution in [3.05, 3.63) is 26.2 Å². The fourth-order valence-electron chi connectivity index (χ4n) is 1.40. The molecule has 0 amide bonds. The first-order valence-corrected chi connectivity index (χ1v) is 5.25. The van der Waals surface area contributed by atoms with Gasteiger partial charge in [-0.25, -0.2) is 0 Å². The van der Waals surface area contributed by atoms with Gasteiger partial charge in [0.25, 0.3) is 0 Å². The highest BCUT2D eigenvalue weighted by atomic mass is 79.9. The standard InChI is InChI=1S/C9H11BrN2O4/c1-16-9-7(12(14)15)5(2-3-11)4-6(10)8(9)13/h4,13H,2-3,11H2,1H3. The van der Waals surface area contributed by atoms with E-state index in [1.807, 2.05) is 0 Å². The molecule has 1 rings (SSSR count).